The van der Waals surface area contributed by atoms with E-state index < -0.39 is 6.04 Å². The summed E-state index contributed by atoms with van der Waals surface area (Å²) in [4.78, 5) is 27.4. The summed E-state index contributed by atoms with van der Waals surface area (Å²) in [5.41, 5.74) is 0.513. The van der Waals surface area contributed by atoms with E-state index in [1.165, 1.54) is 0 Å². The highest BCUT2D eigenvalue weighted by Crippen LogP contribution is 2.17. The highest BCUT2D eigenvalue weighted by molar-refractivity contribution is 6.30. The zero-order valence-electron chi connectivity index (χ0n) is 15.2. The number of hydrogen-bond acceptors (Lipinski definition) is 3. The molecule has 1 aliphatic heterocycles. The lowest BCUT2D eigenvalue weighted by Gasteiger charge is -2.35. The van der Waals surface area contributed by atoms with Gasteiger partial charge in [0.1, 0.15) is 6.04 Å². The van der Waals surface area contributed by atoms with Gasteiger partial charge in [0.15, 0.2) is 0 Å². The summed E-state index contributed by atoms with van der Waals surface area (Å²) in [6.07, 6.45) is 2.71. The molecule has 0 bridgehead atoms. The summed E-state index contributed by atoms with van der Waals surface area (Å²) < 4.78 is 0. The van der Waals surface area contributed by atoms with Crippen molar-refractivity contribution in [2.75, 3.05) is 20.1 Å². The van der Waals surface area contributed by atoms with Gasteiger partial charge in [-0.05, 0) is 50.1 Å². The number of piperidine rings is 1. The van der Waals surface area contributed by atoms with Crippen LogP contribution < -0.4 is 10.6 Å². The van der Waals surface area contributed by atoms with Crippen LogP contribution in [0.1, 0.15) is 43.5 Å². The third-order valence-electron chi connectivity index (χ3n) is 5.09. The Labute approximate surface area is 155 Å². The van der Waals surface area contributed by atoms with E-state index in [4.69, 9.17) is 11.6 Å². The molecule has 1 aliphatic rings. The molecule has 1 aromatic carbocycles. The minimum atomic E-state index is -0.501. The molecule has 25 heavy (non-hydrogen) atoms. The van der Waals surface area contributed by atoms with Gasteiger partial charge in [-0.2, -0.15) is 0 Å². The molecule has 0 aromatic heterocycles. The van der Waals surface area contributed by atoms with Crippen molar-refractivity contribution in [3.05, 3.63) is 34.9 Å². The Morgan fingerprint density at radius 1 is 1.24 bits per heavy atom. The lowest BCUT2D eigenvalue weighted by atomic mass is 9.95. The maximum absolute atomic E-state index is 13.0. The Morgan fingerprint density at radius 3 is 2.36 bits per heavy atom. The molecule has 1 saturated heterocycles. The first-order valence-corrected chi connectivity index (χ1v) is 9.36. The second kappa shape index (κ2) is 9.20. The van der Waals surface area contributed by atoms with Crippen LogP contribution in [0, 0.1) is 5.92 Å². The lowest BCUT2D eigenvalue weighted by molar-refractivity contribution is -0.135. The average molecular weight is 366 g/mol. The average Bonchev–Trinajstić information content (AvgIpc) is 2.65. The van der Waals surface area contributed by atoms with E-state index in [2.05, 4.69) is 10.6 Å². The molecule has 0 spiro atoms. The van der Waals surface area contributed by atoms with E-state index in [1.54, 1.807) is 24.3 Å². The lowest BCUT2D eigenvalue weighted by Crippen LogP contribution is -2.54. The van der Waals surface area contributed by atoms with Crippen LogP contribution in [0.2, 0.25) is 5.02 Å². The van der Waals surface area contributed by atoms with Crippen LogP contribution in [-0.4, -0.2) is 48.9 Å². The molecule has 138 valence electrons. The fourth-order valence-corrected chi connectivity index (χ4v) is 3.22. The third kappa shape index (κ3) is 5.19. The maximum Gasteiger partial charge on any atom is 0.251 e. The number of likely N-dealkylation sites (tertiary alicyclic amines) is 1. The summed E-state index contributed by atoms with van der Waals surface area (Å²) in [5.74, 6) is -0.141. The Bertz CT molecular complexity index is 583. The van der Waals surface area contributed by atoms with Gasteiger partial charge in [0.25, 0.3) is 5.91 Å². The number of nitrogens with zero attached hydrogens (tertiary/aromatic N) is 1. The number of rotatable bonds is 6. The van der Waals surface area contributed by atoms with Gasteiger partial charge >= 0.3 is 0 Å². The van der Waals surface area contributed by atoms with Gasteiger partial charge in [-0.25, -0.2) is 0 Å². The van der Waals surface area contributed by atoms with Crippen LogP contribution >= 0.6 is 11.6 Å². The Hall–Kier alpha value is -1.59. The van der Waals surface area contributed by atoms with Crippen molar-refractivity contribution in [2.45, 2.75) is 45.2 Å². The van der Waals surface area contributed by atoms with Gasteiger partial charge in [-0.1, -0.05) is 31.9 Å². The molecule has 0 radical (unpaired) electrons. The number of carbonyl (C=O) groups is 2. The second-order valence-corrected chi connectivity index (χ2v) is 7.17. The molecule has 1 fully saturated rings. The summed E-state index contributed by atoms with van der Waals surface area (Å²) in [5, 5.41) is 6.79. The van der Waals surface area contributed by atoms with Crippen LogP contribution in [0.15, 0.2) is 24.3 Å². The standard InChI is InChI=1S/C19H28ClN3O2/c1-4-13(2)17(19(25)23-11-9-16(21-3)10-12-23)22-18(24)14-5-7-15(20)8-6-14/h5-8,13,16-17,21H,4,9-12H2,1-3H3,(H,22,24). The van der Waals surface area contributed by atoms with Crippen molar-refractivity contribution in [3.8, 4) is 0 Å². The Kier molecular flexibility index (Phi) is 7.26. The van der Waals surface area contributed by atoms with Crippen molar-refractivity contribution >= 4 is 23.4 Å². The molecule has 0 aliphatic carbocycles. The fourth-order valence-electron chi connectivity index (χ4n) is 3.09. The normalized spacial score (nSPS) is 17.8. The van der Waals surface area contributed by atoms with Gasteiger partial charge in [-0.3, -0.25) is 9.59 Å². The number of carbonyl (C=O) groups excluding carboxylic acids is 2. The molecule has 2 atom stereocenters. The predicted molar refractivity (Wildman–Crippen MR) is 101 cm³/mol. The van der Waals surface area contributed by atoms with E-state index in [9.17, 15) is 9.59 Å². The highest BCUT2D eigenvalue weighted by atomic mass is 35.5. The Morgan fingerprint density at radius 2 is 1.84 bits per heavy atom. The first-order valence-electron chi connectivity index (χ1n) is 8.98. The maximum atomic E-state index is 13.0. The quantitative estimate of drug-likeness (QED) is 0.814. The molecule has 6 heteroatoms. The Balaban J connectivity index is 2.06. The van der Waals surface area contributed by atoms with Crippen LogP contribution in [0.25, 0.3) is 0 Å². The van der Waals surface area contributed by atoms with E-state index in [1.807, 2.05) is 25.8 Å². The largest absolute Gasteiger partial charge is 0.341 e. The van der Waals surface area contributed by atoms with Crippen LogP contribution in [-0.2, 0) is 4.79 Å². The van der Waals surface area contributed by atoms with Crippen molar-refractivity contribution in [2.24, 2.45) is 5.92 Å². The van der Waals surface area contributed by atoms with Gasteiger partial charge in [0.2, 0.25) is 5.91 Å². The summed E-state index contributed by atoms with van der Waals surface area (Å²) >= 11 is 5.87. The minimum Gasteiger partial charge on any atom is -0.341 e. The topological polar surface area (TPSA) is 61.4 Å². The predicted octanol–water partition coefficient (Wildman–Crippen LogP) is 2.69. The second-order valence-electron chi connectivity index (χ2n) is 6.73. The molecule has 1 aromatic rings. The highest BCUT2D eigenvalue weighted by Gasteiger charge is 2.32. The SMILES string of the molecule is CCC(C)C(NC(=O)c1ccc(Cl)cc1)C(=O)N1CCC(NC)CC1. The van der Waals surface area contributed by atoms with Gasteiger partial charge in [-0.15, -0.1) is 0 Å². The molecule has 2 amide bonds. The number of nitrogens with one attached hydrogen (secondary N) is 2. The van der Waals surface area contributed by atoms with Crippen LogP contribution in [0.4, 0.5) is 0 Å². The molecule has 2 rings (SSSR count). The van der Waals surface area contributed by atoms with Crippen molar-refractivity contribution in [3.63, 3.8) is 0 Å². The first kappa shape index (κ1) is 19.7. The molecule has 2 N–H and O–H groups in total. The van der Waals surface area contributed by atoms with Crippen molar-refractivity contribution < 1.29 is 9.59 Å². The van der Waals surface area contributed by atoms with Crippen molar-refractivity contribution in [1.82, 2.24) is 15.5 Å². The third-order valence-corrected chi connectivity index (χ3v) is 5.34. The number of hydrogen-bond donors (Lipinski definition) is 2. The summed E-state index contributed by atoms with van der Waals surface area (Å²) in [6, 6.07) is 6.68. The van der Waals surface area contributed by atoms with E-state index in [-0.39, 0.29) is 17.7 Å². The fraction of sp³-hybridized carbons (Fsp3) is 0.579. The van der Waals surface area contributed by atoms with Crippen molar-refractivity contribution in [1.29, 1.82) is 0 Å². The molecule has 1 heterocycles. The number of amides is 2. The first-order chi connectivity index (χ1) is 12.0. The van der Waals surface area contributed by atoms with E-state index in [0.29, 0.717) is 16.6 Å². The molecule has 0 saturated carbocycles. The van der Waals surface area contributed by atoms with Gasteiger partial charge in [0, 0.05) is 29.7 Å². The van der Waals surface area contributed by atoms with Crippen LogP contribution in [0.5, 0.6) is 0 Å². The summed E-state index contributed by atoms with van der Waals surface area (Å²) in [7, 11) is 1.95. The number of benzene rings is 1. The molecule has 5 nitrogen and oxygen atoms in total. The zero-order chi connectivity index (χ0) is 18.4. The molecule has 2 unspecified atom stereocenters. The van der Waals surface area contributed by atoms with Gasteiger partial charge in [0.05, 0.1) is 0 Å². The van der Waals surface area contributed by atoms with Gasteiger partial charge < -0.3 is 15.5 Å². The van der Waals surface area contributed by atoms with Crippen LogP contribution in [0.3, 0.4) is 0 Å². The smallest absolute Gasteiger partial charge is 0.251 e. The monoisotopic (exact) mass is 365 g/mol. The molecular formula is C19H28ClN3O2. The zero-order valence-corrected chi connectivity index (χ0v) is 16.0. The van der Waals surface area contributed by atoms with E-state index >= 15 is 0 Å². The summed E-state index contributed by atoms with van der Waals surface area (Å²) in [6.45, 7) is 5.50. The van der Waals surface area contributed by atoms with E-state index in [0.717, 1.165) is 32.4 Å². The minimum absolute atomic E-state index is 0.0196. The number of halogens is 1. The molecular weight excluding hydrogens is 338 g/mol.